The van der Waals surface area contributed by atoms with Gasteiger partial charge in [0.2, 0.25) is 11.7 Å². The van der Waals surface area contributed by atoms with Gasteiger partial charge in [-0.2, -0.15) is 4.98 Å². The monoisotopic (exact) mass is 293 g/mol. The minimum absolute atomic E-state index is 0.408. The molecule has 19 heavy (non-hydrogen) atoms. The zero-order valence-corrected chi connectivity index (χ0v) is 11.4. The van der Waals surface area contributed by atoms with Gasteiger partial charge in [0.15, 0.2) is 0 Å². The zero-order chi connectivity index (χ0) is 13.2. The van der Waals surface area contributed by atoms with Gasteiger partial charge in [-0.25, -0.2) is 4.98 Å². The summed E-state index contributed by atoms with van der Waals surface area (Å²) in [5, 5.41) is 6.40. The van der Waals surface area contributed by atoms with Gasteiger partial charge in [-0.1, -0.05) is 16.8 Å². The second-order valence-corrected chi connectivity index (χ2v) is 4.93. The van der Waals surface area contributed by atoms with Crippen LogP contribution in [0.2, 0.25) is 5.02 Å². The van der Waals surface area contributed by atoms with Crippen LogP contribution in [-0.2, 0) is 0 Å². The lowest BCUT2D eigenvalue weighted by molar-refractivity contribution is 0.398. The van der Waals surface area contributed by atoms with Crippen LogP contribution in [0.1, 0.15) is 0 Å². The highest BCUT2D eigenvalue weighted by Gasteiger charge is 2.14. The molecule has 96 valence electrons. The van der Waals surface area contributed by atoms with Crippen molar-refractivity contribution in [3.05, 3.63) is 34.8 Å². The first-order chi connectivity index (χ1) is 9.28. The molecule has 0 saturated carbocycles. The third-order valence-electron chi connectivity index (χ3n) is 2.44. The fraction of sp³-hybridized carbons (Fsp3) is 0.0833. The summed E-state index contributed by atoms with van der Waals surface area (Å²) in [6.07, 6.45) is 1.63. The number of hydrogen-bond acceptors (Lipinski definition) is 6. The minimum atomic E-state index is 0.408. The van der Waals surface area contributed by atoms with Gasteiger partial charge in [0.1, 0.15) is 4.88 Å². The van der Waals surface area contributed by atoms with Crippen molar-refractivity contribution >= 4 is 22.9 Å². The largest absolute Gasteiger partial charge is 0.481 e. The molecule has 0 unspecified atom stereocenters. The topological polar surface area (TPSA) is 61.0 Å². The van der Waals surface area contributed by atoms with E-state index in [0.717, 1.165) is 10.4 Å². The van der Waals surface area contributed by atoms with Crippen LogP contribution in [0.5, 0.6) is 5.88 Å². The van der Waals surface area contributed by atoms with Crippen LogP contribution < -0.4 is 4.74 Å². The quantitative estimate of drug-likeness (QED) is 0.739. The number of aromatic nitrogens is 3. The third-order valence-corrected chi connectivity index (χ3v) is 3.77. The molecule has 0 aliphatic rings. The summed E-state index contributed by atoms with van der Waals surface area (Å²) in [4.78, 5) is 9.17. The van der Waals surface area contributed by atoms with E-state index in [0.29, 0.717) is 22.6 Å². The van der Waals surface area contributed by atoms with Gasteiger partial charge in [-0.15, -0.1) is 11.3 Å². The molecule has 3 aromatic rings. The summed E-state index contributed by atoms with van der Waals surface area (Å²) >= 11 is 7.48. The lowest BCUT2D eigenvalue weighted by Crippen LogP contribution is -1.88. The van der Waals surface area contributed by atoms with Crippen LogP contribution in [0.3, 0.4) is 0 Å². The highest BCUT2D eigenvalue weighted by Crippen LogP contribution is 2.33. The Morgan fingerprint density at radius 2 is 2.21 bits per heavy atom. The summed E-state index contributed by atoms with van der Waals surface area (Å²) in [5.41, 5.74) is 0.753. The maximum absolute atomic E-state index is 6.02. The van der Waals surface area contributed by atoms with Gasteiger partial charge < -0.3 is 9.26 Å². The summed E-state index contributed by atoms with van der Waals surface area (Å²) in [7, 11) is 1.56. The normalized spacial score (nSPS) is 10.6. The molecule has 3 heterocycles. The SMILES string of the molecule is COc1ccc(-c2noc(-c3sccc3Cl)n2)cn1. The molecule has 0 bridgehead atoms. The minimum Gasteiger partial charge on any atom is -0.481 e. The molecule has 0 fully saturated rings. The third kappa shape index (κ3) is 2.32. The smallest absolute Gasteiger partial charge is 0.269 e. The number of thiophene rings is 1. The molecule has 5 nitrogen and oxygen atoms in total. The first-order valence-electron chi connectivity index (χ1n) is 5.35. The van der Waals surface area contributed by atoms with Crippen molar-refractivity contribution in [1.82, 2.24) is 15.1 Å². The van der Waals surface area contributed by atoms with Crippen molar-refractivity contribution in [2.45, 2.75) is 0 Å². The molecule has 0 amide bonds. The van der Waals surface area contributed by atoms with E-state index in [1.165, 1.54) is 11.3 Å². The lowest BCUT2D eigenvalue weighted by atomic mass is 10.3. The van der Waals surface area contributed by atoms with E-state index in [9.17, 15) is 0 Å². The number of pyridine rings is 1. The van der Waals surface area contributed by atoms with Gasteiger partial charge in [0, 0.05) is 17.8 Å². The molecule has 0 aromatic carbocycles. The Morgan fingerprint density at radius 1 is 1.32 bits per heavy atom. The van der Waals surface area contributed by atoms with E-state index < -0.39 is 0 Å². The first kappa shape index (κ1) is 12.1. The van der Waals surface area contributed by atoms with Crippen LogP contribution >= 0.6 is 22.9 Å². The van der Waals surface area contributed by atoms with Crippen molar-refractivity contribution in [1.29, 1.82) is 0 Å². The number of halogens is 1. The molecule has 0 aliphatic carbocycles. The fourth-order valence-electron chi connectivity index (χ4n) is 1.51. The number of rotatable bonds is 3. The van der Waals surface area contributed by atoms with E-state index in [1.54, 1.807) is 25.4 Å². The Labute approximate surface area is 117 Å². The number of methoxy groups -OCH3 is 1. The van der Waals surface area contributed by atoms with Gasteiger partial charge >= 0.3 is 0 Å². The average molecular weight is 294 g/mol. The lowest BCUT2D eigenvalue weighted by Gasteiger charge is -1.97. The molecule has 0 spiro atoms. The molecule has 0 aliphatic heterocycles. The van der Waals surface area contributed by atoms with Gasteiger partial charge in [-0.05, 0) is 17.5 Å². The Bertz CT molecular complexity index is 693. The van der Waals surface area contributed by atoms with Crippen molar-refractivity contribution in [2.75, 3.05) is 7.11 Å². The predicted octanol–water partition coefficient (Wildman–Crippen LogP) is 3.52. The number of ether oxygens (including phenoxy) is 1. The molecular formula is C12H8ClN3O2S. The van der Waals surface area contributed by atoms with Crippen molar-refractivity contribution in [3.8, 4) is 28.0 Å². The molecule has 3 rings (SSSR count). The van der Waals surface area contributed by atoms with Crippen molar-refractivity contribution in [2.24, 2.45) is 0 Å². The van der Waals surface area contributed by atoms with Crippen molar-refractivity contribution < 1.29 is 9.26 Å². The van der Waals surface area contributed by atoms with E-state index in [2.05, 4.69) is 15.1 Å². The molecule has 3 aromatic heterocycles. The van der Waals surface area contributed by atoms with Crippen LogP contribution in [0.15, 0.2) is 34.3 Å². The average Bonchev–Trinajstić information content (AvgIpc) is 3.07. The van der Waals surface area contributed by atoms with Gasteiger partial charge in [0.05, 0.1) is 12.1 Å². The van der Waals surface area contributed by atoms with E-state index >= 15 is 0 Å². The van der Waals surface area contributed by atoms with E-state index in [1.807, 2.05) is 11.4 Å². The standard InChI is InChI=1S/C12H8ClN3O2S/c1-17-9-3-2-7(6-14-9)11-15-12(18-16-11)10-8(13)4-5-19-10/h2-6H,1H3. The molecule has 0 atom stereocenters. The predicted molar refractivity (Wildman–Crippen MR) is 72.4 cm³/mol. The van der Waals surface area contributed by atoms with Crippen LogP contribution in [0.25, 0.3) is 22.2 Å². The number of hydrogen-bond donors (Lipinski definition) is 0. The van der Waals surface area contributed by atoms with E-state index in [4.69, 9.17) is 20.9 Å². The van der Waals surface area contributed by atoms with Crippen LogP contribution in [0.4, 0.5) is 0 Å². The van der Waals surface area contributed by atoms with Gasteiger partial charge in [0.25, 0.3) is 5.89 Å². The molecule has 0 saturated heterocycles. The van der Waals surface area contributed by atoms with Gasteiger partial charge in [-0.3, -0.25) is 0 Å². The highest BCUT2D eigenvalue weighted by atomic mass is 35.5. The fourth-order valence-corrected chi connectivity index (χ4v) is 2.57. The highest BCUT2D eigenvalue weighted by molar-refractivity contribution is 7.14. The molecule has 0 N–H and O–H groups in total. The maximum atomic E-state index is 6.02. The molecule has 0 radical (unpaired) electrons. The summed E-state index contributed by atoms with van der Waals surface area (Å²) < 4.78 is 10.2. The molecular weight excluding hydrogens is 286 g/mol. The maximum Gasteiger partial charge on any atom is 0.269 e. The first-order valence-corrected chi connectivity index (χ1v) is 6.61. The van der Waals surface area contributed by atoms with E-state index in [-0.39, 0.29) is 0 Å². The summed E-state index contributed by atoms with van der Waals surface area (Å²) in [5.74, 6) is 1.41. The summed E-state index contributed by atoms with van der Waals surface area (Å²) in [6.45, 7) is 0. The van der Waals surface area contributed by atoms with Crippen molar-refractivity contribution in [3.63, 3.8) is 0 Å². The molecule has 7 heteroatoms. The Balaban J connectivity index is 1.94. The second kappa shape index (κ2) is 4.99. The van der Waals surface area contributed by atoms with Crippen LogP contribution in [0, 0.1) is 0 Å². The summed E-state index contributed by atoms with van der Waals surface area (Å²) in [6, 6.07) is 5.35. The Hall–Kier alpha value is -1.92. The number of nitrogens with zero attached hydrogens (tertiary/aromatic N) is 3. The van der Waals surface area contributed by atoms with Crippen LogP contribution in [-0.4, -0.2) is 22.2 Å². The Kier molecular flexibility index (Phi) is 3.18. The second-order valence-electron chi connectivity index (χ2n) is 3.61. The Morgan fingerprint density at radius 3 is 2.84 bits per heavy atom. The zero-order valence-electron chi connectivity index (χ0n) is 9.83.